The van der Waals surface area contributed by atoms with Crippen LogP contribution in [0.25, 0.3) is 0 Å². The molecule has 2 rings (SSSR count). The Bertz CT molecular complexity index is 444. The Hall–Kier alpha value is -1.69. The summed E-state index contributed by atoms with van der Waals surface area (Å²) in [5, 5.41) is 8.03. The van der Waals surface area contributed by atoms with E-state index in [9.17, 15) is 4.79 Å². The molecule has 6 heteroatoms. The number of carbonyl (C=O) groups is 1. The van der Waals surface area contributed by atoms with Gasteiger partial charge in [0.1, 0.15) is 0 Å². The first-order valence-corrected chi connectivity index (χ1v) is 7.69. The molecule has 0 bridgehead atoms. The third kappa shape index (κ3) is 3.15. The number of hydrogen-bond acceptors (Lipinski definition) is 5. The molecule has 6 nitrogen and oxygen atoms in total. The molecule has 0 aromatic carbocycles. The van der Waals surface area contributed by atoms with Crippen LogP contribution in [-0.2, 0) is 4.79 Å². The largest absolute Gasteiger partial charge is 0.352 e. The molecule has 0 atom stereocenters. The molecule has 2 heterocycles. The molecule has 2 N–H and O–H groups in total. The Morgan fingerprint density at radius 3 is 2.43 bits per heavy atom. The van der Waals surface area contributed by atoms with Crippen LogP contribution in [-0.4, -0.2) is 53.7 Å². The summed E-state index contributed by atoms with van der Waals surface area (Å²) in [5.74, 6) is 1.08. The predicted molar refractivity (Wildman–Crippen MR) is 82.9 cm³/mol. The summed E-state index contributed by atoms with van der Waals surface area (Å²) in [6.45, 7) is 7.53. The third-order valence-corrected chi connectivity index (χ3v) is 4.65. The fourth-order valence-corrected chi connectivity index (χ4v) is 2.86. The van der Waals surface area contributed by atoms with Crippen LogP contribution in [0.3, 0.4) is 0 Å². The van der Waals surface area contributed by atoms with Crippen LogP contribution in [0.15, 0.2) is 18.3 Å². The molecule has 0 unspecified atom stereocenters. The number of piperazine rings is 1. The van der Waals surface area contributed by atoms with Gasteiger partial charge in [0.15, 0.2) is 5.82 Å². The minimum Gasteiger partial charge on any atom is -0.352 e. The van der Waals surface area contributed by atoms with Crippen molar-refractivity contribution < 1.29 is 4.79 Å². The Kier molecular flexibility index (Phi) is 5.12. The molecule has 0 aliphatic carbocycles. The minimum absolute atomic E-state index is 0.203. The molecule has 21 heavy (non-hydrogen) atoms. The molecule has 1 fully saturated rings. The van der Waals surface area contributed by atoms with Gasteiger partial charge in [0.25, 0.3) is 0 Å². The second-order valence-electron chi connectivity index (χ2n) is 5.55. The summed E-state index contributed by atoms with van der Waals surface area (Å²) in [4.78, 5) is 16.9. The quantitative estimate of drug-likeness (QED) is 0.872. The lowest BCUT2D eigenvalue weighted by molar-refractivity contribution is -0.142. The number of nitrogens with zero attached hydrogens (tertiary/aromatic N) is 4. The average molecular weight is 291 g/mol. The Morgan fingerprint density at radius 2 is 1.95 bits per heavy atom. The van der Waals surface area contributed by atoms with Crippen molar-refractivity contribution in [1.82, 2.24) is 15.1 Å². The van der Waals surface area contributed by atoms with Crippen LogP contribution >= 0.6 is 0 Å². The van der Waals surface area contributed by atoms with E-state index in [1.807, 2.05) is 30.9 Å². The number of rotatable bonds is 5. The van der Waals surface area contributed by atoms with Gasteiger partial charge in [-0.1, -0.05) is 13.8 Å². The van der Waals surface area contributed by atoms with Crippen molar-refractivity contribution in [2.75, 3.05) is 37.6 Å². The Morgan fingerprint density at radius 1 is 1.29 bits per heavy atom. The molecule has 0 spiro atoms. The van der Waals surface area contributed by atoms with Crippen LogP contribution in [0.4, 0.5) is 5.82 Å². The van der Waals surface area contributed by atoms with Crippen molar-refractivity contribution in [3.8, 4) is 0 Å². The number of carbonyl (C=O) groups excluding carboxylic acids is 1. The Labute approximate surface area is 126 Å². The van der Waals surface area contributed by atoms with Gasteiger partial charge in [-0.3, -0.25) is 4.79 Å². The second-order valence-corrected chi connectivity index (χ2v) is 5.55. The van der Waals surface area contributed by atoms with Gasteiger partial charge in [-0.2, -0.15) is 5.10 Å². The van der Waals surface area contributed by atoms with Crippen LogP contribution in [0.5, 0.6) is 0 Å². The molecule has 1 aliphatic rings. The number of nitrogens with two attached hydrogens (primary N) is 1. The van der Waals surface area contributed by atoms with Gasteiger partial charge in [-0.25, -0.2) is 0 Å². The molecule has 0 saturated carbocycles. The first-order chi connectivity index (χ1) is 10.2. The second kappa shape index (κ2) is 6.85. The first-order valence-electron chi connectivity index (χ1n) is 7.69. The molecule has 1 aromatic rings. The summed E-state index contributed by atoms with van der Waals surface area (Å²) >= 11 is 0. The summed E-state index contributed by atoms with van der Waals surface area (Å²) in [6, 6.07) is 3.83. The van der Waals surface area contributed by atoms with Gasteiger partial charge in [0, 0.05) is 38.9 Å². The third-order valence-electron chi connectivity index (χ3n) is 4.65. The van der Waals surface area contributed by atoms with E-state index < -0.39 is 5.41 Å². The summed E-state index contributed by atoms with van der Waals surface area (Å²) < 4.78 is 0. The highest BCUT2D eigenvalue weighted by atomic mass is 16.2. The standard InChI is InChI=1S/C15H25N5O/c1-3-15(4-2,12-16)14(21)20-10-8-19(9-11-20)13-6-5-7-17-18-13/h5-7H,3-4,8-12,16H2,1-2H3. The highest BCUT2D eigenvalue weighted by molar-refractivity contribution is 5.83. The molecule has 1 aliphatic heterocycles. The monoisotopic (exact) mass is 291 g/mol. The maximum atomic E-state index is 12.8. The van der Waals surface area contributed by atoms with E-state index in [4.69, 9.17) is 5.73 Å². The lowest BCUT2D eigenvalue weighted by Crippen LogP contribution is -2.55. The molecule has 1 saturated heterocycles. The lowest BCUT2D eigenvalue weighted by Gasteiger charge is -2.40. The highest BCUT2D eigenvalue weighted by Gasteiger charge is 2.37. The number of hydrogen-bond donors (Lipinski definition) is 1. The fourth-order valence-electron chi connectivity index (χ4n) is 2.86. The van der Waals surface area contributed by atoms with E-state index in [0.29, 0.717) is 6.54 Å². The molecule has 116 valence electrons. The zero-order valence-electron chi connectivity index (χ0n) is 13.0. The smallest absolute Gasteiger partial charge is 0.230 e. The van der Waals surface area contributed by atoms with Gasteiger partial charge in [0.05, 0.1) is 5.41 Å². The molecule has 1 amide bonds. The van der Waals surface area contributed by atoms with E-state index in [-0.39, 0.29) is 5.91 Å². The van der Waals surface area contributed by atoms with E-state index in [1.54, 1.807) is 6.20 Å². The van der Waals surface area contributed by atoms with Gasteiger partial charge in [-0.15, -0.1) is 5.10 Å². The van der Waals surface area contributed by atoms with Crippen LogP contribution in [0.2, 0.25) is 0 Å². The predicted octanol–water partition coefficient (Wildman–Crippen LogP) is 0.890. The lowest BCUT2D eigenvalue weighted by atomic mass is 9.81. The maximum Gasteiger partial charge on any atom is 0.230 e. The first kappa shape index (κ1) is 15.7. The van der Waals surface area contributed by atoms with Crippen molar-refractivity contribution in [3.63, 3.8) is 0 Å². The topological polar surface area (TPSA) is 75.4 Å². The normalized spacial score (nSPS) is 16.1. The highest BCUT2D eigenvalue weighted by Crippen LogP contribution is 2.28. The summed E-state index contributed by atoms with van der Waals surface area (Å²) in [5.41, 5.74) is 5.48. The van der Waals surface area contributed by atoms with E-state index >= 15 is 0 Å². The van der Waals surface area contributed by atoms with Gasteiger partial charge in [-0.05, 0) is 25.0 Å². The van der Waals surface area contributed by atoms with Crippen molar-refractivity contribution in [3.05, 3.63) is 18.3 Å². The van der Waals surface area contributed by atoms with Crippen molar-refractivity contribution in [2.45, 2.75) is 26.7 Å². The summed E-state index contributed by atoms with van der Waals surface area (Å²) in [6.07, 6.45) is 3.26. The van der Waals surface area contributed by atoms with Gasteiger partial charge in [0.2, 0.25) is 5.91 Å². The van der Waals surface area contributed by atoms with Crippen molar-refractivity contribution in [2.24, 2.45) is 11.1 Å². The number of anilines is 1. The van der Waals surface area contributed by atoms with Crippen LogP contribution in [0.1, 0.15) is 26.7 Å². The minimum atomic E-state index is -0.394. The SMILES string of the molecule is CCC(CC)(CN)C(=O)N1CCN(c2cccnn2)CC1. The van der Waals surface area contributed by atoms with Crippen molar-refractivity contribution in [1.29, 1.82) is 0 Å². The average Bonchev–Trinajstić information content (AvgIpc) is 2.58. The van der Waals surface area contributed by atoms with E-state index in [0.717, 1.165) is 44.8 Å². The zero-order chi connectivity index (χ0) is 15.3. The number of aromatic nitrogens is 2. The van der Waals surface area contributed by atoms with E-state index in [1.165, 1.54) is 0 Å². The van der Waals surface area contributed by atoms with Crippen LogP contribution in [0, 0.1) is 5.41 Å². The zero-order valence-corrected chi connectivity index (χ0v) is 13.0. The molecular formula is C15H25N5O. The van der Waals surface area contributed by atoms with Crippen LogP contribution < -0.4 is 10.6 Å². The Balaban J connectivity index is 1.99. The molecule has 0 radical (unpaired) electrons. The maximum absolute atomic E-state index is 12.8. The fraction of sp³-hybridized carbons (Fsp3) is 0.667. The number of amides is 1. The summed E-state index contributed by atoms with van der Waals surface area (Å²) in [7, 11) is 0. The van der Waals surface area contributed by atoms with E-state index in [2.05, 4.69) is 15.1 Å². The van der Waals surface area contributed by atoms with Gasteiger partial charge < -0.3 is 15.5 Å². The molecular weight excluding hydrogens is 266 g/mol. The van der Waals surface area contributed by atoms with Crippen molar-refractivity contribution >= 4 is 11.7 Å². The molecule has 1 aromatic heterocycles. The van der Waals surface area contributed by atoms with Gasteiger partial charge >= 0.3 is 0 Å².